The van der Waals surface area contributed by atoms with Crippen LogP contribution in [0.1, 0.15) is 11.1 Å². The number of aliphatic imine (C=N–C) groups is 1. The van der Waals surface area contributed by atoms with Crippen LogP contribution in [0.5, 0.6) is 5.75 Å². The van der Waals surface area contributed by atoms with Crippen LogP contribution in [-0.4, -0.2) is 54.4 Å². The van der Waals surface area contributed by atoms with Gasteiger partial charge in [0.1, 0.15) is 12.4 Å². The van der Waals surface area contributed by atoms with Crippen molar-refractivity contribution in [2.45, 2.75) is 20.4 Å². The first-order chi connectivity index (χ1) is 11.6. The van der Waals surface area contributed by atoms with Crippen LogP contribution in [0, 0.1) is 13.8 Å². The molecular weight excluding hydrogens is 302 g/mol. The first-order valence-corrected chi connectivity index (χ1v) is 8.19. The molecule has 0 aliphatic rings. The molecule has 6 heteroatoms. The minimum absolute atomic E-state index is 0.612. The summed E-state index contributed by atoms with van der Waals surface area (Å²) in [5.41, 5.74) is 2.32. The third-order valence-corrected chi connectivity index (χ3v) is 3.74. The molecule has 0 fully saturated rings. The standard InChI is InChI=1S/C18H27N5O/c1-15-13-21-23(14-15)10-9-20-18(19-3)22(4)11-12-24-17-8-6-5-7-16(17)2/h5-8,13-14H,9-12H2,1-4H3,(H,19,20). The highest BCUT2D eigenvalue weighted by atomic mass is 16.5. The highest BCUT2D eigenvalue weighted by molar-refractivity contribution is 5.79. The Labute approximate surface area is 144 Å². The molecule has 0 radical (unpaired) electrons. The molecule has 0 bridgehead atoms. The van der Waals surface area contributed by atoms with Crippen molar-refractivity contribution in [1.82, 2.24) is 20.0 Å². The summed E-state index contributed by atoms with van der Waals surface area (Å²) >= 11 is 0. The molecule has 1 heterocycles. The zero-order valence-corrected chi connectivity index (χ0v) is 15.0. The Morgan fingerprint density at radius 2 is 2.12 bits per heavy atom. The smallest absolute Gasteiger partial charge is 0.193 e. The summed E-state index contributed by atoms with van der Waals surface area (Å²) in [5.74, 6) is 1.79. The molecule has 1 aromatic heterocycles. The number of rotatable bonds is 7. The lowest BCUT2D eigenvalue weighted by Gasteiger charge is -2.22. The van der Waals surface area contributed by atoms with Crippen molar-refractivity contribution in [3.05, 3.63) is 47.8 Å². The Morgan fingerprint density at radius 1 is 1.33 bits per heavy atom. The fourth-order valence-corrected chi connectivity index (χ4v) is 2.37. The Hall–Kier alpha value is -2.50. The Bertz CT molecular complexity index is 665. The van der Waals surface area contributed by atoms with E-state index in [4.69, 9.17) is 4.74 Å². The van der Waals surface area contributed by atoms with Crippen LogP contribution in [0.15, 0.2) is 41.7 Å². The quantitative estimate of drug-likeness (QED) is 0.624. The molecule has 1 N–H and O–H groups in total. The first-order valence-electron chi connectivity index (χ1n) is 8.19. The average Bonchev–Trinajstić information content (AvgIpc) is 2.98. The third-order valence-electron chi connectivity index (χ3n) is 3.74. The second-order valence-corrected chi connectivity index (χ2v) is 5.79. The van der Waals surface area contributed by atoms with E-state index in [0.29, 0.717) is 6.61 Å². The summed E-state index contributed by atoms with van der Waals surface area (Å²) in [7, 11) is 3.80. The van der Waals surface area contributed by atoms with Crippen LogP contribution in [0.25, 0.3) is 0 Å². The van der Waals surface area contributed by atoms with E-state index in [2.05, 4.69) is 33.3 Å². The van der Waals surface area contributed by atoms with Gasteiger partial charge in [-0.05, 0) is 31.0 Å². The lowest BCUT2D eigenvalue weighted by Crippen LogP contribution is -2.42. The lowest BCUT2D eigenvalue weighted by atomic mass is 10.2. The van der Waals surface area contributed by atoms with Crippen LogP contribution >= 0.6 is 0 Å². The topological polar surface area (TPSA) is 54.7 Å². The molecule has 0 saturated carbocycles. The maximum Gasteiger partial charge on any atom is 0.193 e. The van der Waals surface area contributed by atoms with Crippen molar-refractivity contribution in [3.63, 3.8) is 0 Å². The van der Waals surface area contributed by atoms with Crippen molar-refractivity contribution in [2.75, 3.05) is 33.8 Å². The van der Waals surface area contributed by atoms with Crippen LogP contribution in [-0.2, 0) is 6.54 Å². The van der Waals surface area contributed by atoms with Gasteiger partial charge in [0.15, 0.2) is 5.96 Å². The molecule has 0 amide bonds. The Morgan fingerprint density at radius 3 is 2.79 bits per heavy atom. The van der Waals surface area contributed by atoms with E-state index in [1.54, 1.807) is 7.05 Å². The second kappa shape index (κ2) is 8.96. The molecular formula is C18H27N5O. The summed E-state index contributed by atoms with van der Waals surface area (Å²) in [6.07, 6.45) is 3.90. The average molecular weight is 329 g/mol. The van der Waals surface area contributed by atoms with E-state index in [0.717, 1.165) is 36.9 Å². The summed E-state index contributed by atoms with van der Waals surface area (Å²) in [5, 5.41) is 7.62. The van der Waals surface area contributed by atoms with Gasteiger partial charge in [-0.1, -0.05) is 18.2 Å². The fraction of sp³-hybridized carbons (Fsp3) is 0.444. The van der Waals surface area contributed by atoms with Crippen molar-refractivity contribution in [3.8, 4) is 5.75 Å². The second-order valence-electron chi connectivity index (χ2n) is 5.79. The van der Waals surface area contributed by atoms with Gasteiger partial charge < -0.3 is 15.0 Å². The predicted octanol–water partition coefficient (Wildman–Crippen LogP) is 2.09. The number of nitrogens with zero attached hydrogens (tertiary/aromatic N) is 4. The zero-order valence-electron chi connectivity index (χ0n) is 15.0. The van der Waals surface area contributed by atoms with Gasteiger partial charge in [0.2, 0.25) is 0 Å². The molecule has 1 aromatic carbocycles. The first kappa shape index (κ1) is 17.8. The number of likely N-dealkylation sites (N-methyl/N-ethyl adjacent to an activating group) is 1. The highest BCUT2D eigenvalue weighted by Gasteiger charge is 2.06. The number of ether oxygens (including phenoxy) is 1. The molecule has 0 aliphatic carbocycles. The normalized spacial score (nSPS) is 11.4. The molecule has 24 heavy (non-hydrogen) atoms. The van der Waals surface area contributed by atoms with Gasteiger partial charge in [0.25, 0.3) is 0 Å². The minimum atomic E-state index is 0.612. The number of aryl methyl sites for hydroxylation is 2. The Kier molecular flexibility index (Phi) is 6.66. The van der Waals surface area contributed by atoms with Gasteiger partial charge in [0, 0.05) is 26.8 Å². The van der Waals surface area contributed by atoms with Gasteiger partial charge in [-0.15, -0.1) is 0 Å². The monoisotopic (exact) mass is 329 g/mol. The largest absolute Gasteiger partial charge is 0.491 e. The number of para-hydroxylation sites is 1. The van der Waals surface area contributed by atoms with Crippen molar-refractivity contribution in [2.24, 2.45) is 4.99 Å². The van der Waals surface area contributed by atoms with Crippen LogP contribution in [0.3, 0.4) is 0 Å². The van der Waals surface area contributed by atoms with Crippen molar-refractivity contribution in [1.29, 1.82) is 0 Å². The molecule has 2 rings (SSSR count). The van der Waals surface area contributed by atoms with Crippen LogP contribution < -0.4 is 10.1 Å². The van der Waals surface area contributed by atoms with Crippen molar-refractivity contribution >= 4 is 5.96 Å². The van der Waals surface area contributed by atoms with Gasteiger partial charge >= 0.3 is 0 Å². The number of benzene rings is 1. The summed E-state index contributed by atoms with van der Waals surface area (Å²) < 4.78 is 7.77. The number of nitrogens with one attached hydrogen (secondary N) is 1. The molecule has 0 atom stereocenters. The SMILES string of the molecule is CN=C(NCCn1cc(C)cn1)N(C)CCOc1ccccc1C. The molecule has 6 nitrogen and oxygen atoms in total. The number of aromatic nitrogens is 2. The molecule has 0 aliphatic heterocycles. The molecule has 130 valence electrons. The van der Waals surface area contributed by atoms with E-state index in [1.165, 1.54) is 5.56 Å². The van der Waals surface area contributed by atoms with Crippen LogP contribution in [0.2, 0.25) is 0 Å². The van der Waals surface area contributed by atoms with Crippen LogP contribution in [0.4, 0.5) is 0 Å². The third kappa shape index (κ3) is 5.30. The maximum atomic E-state index is 5.84. The highest BCUT2D eigenvalue weighted by Crippen LogP contribution is 2.15. The predicted molar refractivity (Wildman–Crippen MR) is 97.6 cm³/mol. The fourth-order valence-electron chi connectivity index (χ4n) is 2.37. The van der Waals surface area contributed by atoms with Crippen molar-refractivity contribution < 1.29 is 4.74 Å². The summed E-state index contributed by atoms with van der Waals surface area (Å²) in [6, 6.07) is 8.05. The lowest BCUT2D eigenvalue weighted by molar-refractivity contribution is 0.279. The van der Waals surface area contributed by atoms with E-state index in [9.17, 15) is 0 Å². The van der Waals surface area contributed by atoms with Gasteiger partial charge in [-0.3, -0.25) is 9.67 Å². The minimum Gasteiger partial charge on any atom is -0.491 e. The van der Waals surface area contributed by atoms with Gasteiger partial charge in [0.05, 0.1) is 19.3 Å². The molecule has 2 aromatic rings. The summed E-state index contributed by atoms with van der Waals surface area (Å²) in [6.45, 7) is 7.04. The zero-order chi connectivity index (χ0) is 17.4. The number of guanidine groups is 1. The molecule has 0 spiro atoms. The maximum absolute atomic E-state index is 5.84. The summed E-state index contributed by atoms with van der Waals surface area (Å²) in [4.78, 5) is 6.38. The number of hydrogen-bond acceptors (Lipinski definition) is 3. The van der Waals surface area contributed by atoms with E-state index in [-0.39, 0.29) is 0 Å². The van der Waals surface area contributed by atoms with E-state index >= 15 is 0 Å². The van der Waals surface area contributed by atoms with E-state index in [1.807, 2.05) is 49.2 Å². The van der Waals surface area contributed by atoms with E-state index < -0.39 is 0 Å². The molecule has 0 saturated heterocycles. The number of hydrogen-bond donors (Lipinski definition) is 1. The Balaban J connectivity index is 1.73. The van der Waals surface area contributed by atoms with Gasteiger partial charge in [-0.25, -0.2) is 0 Å². The molecule has 0 unspecified atom stereocenters. The van der Waals surface area contributed by atoms with Gasteiger partial charge in [-0.2, -0.15) is 5.10 Å².